The highest BCUT2D eigenvalue weighted by molar-refractivity contribution is 5.79. The van der Waals surface area contributed by atoms with Crippen LogP contribution in [-0.2, 0) is 11.2 Å². The minimum atomic E-state index is -0.272. The Morgan fingerprint density at radius 1 is 1.30 bits per heavy atom. The molecule has 2 aromatic rings. The van der Waals surface area contributed by atoms with Gasteiger partial charge in [-0.05, 0) is 42.7 Å². The van der Waals surface area contributed by atoms with E-state index >= 15 is 0 Å². The smallest absolute Gasteiger partial charge is 0.227 e. The van der Waals surface area contributed by atoms with Crippen LogP contribution in [0.3, 0.4) is 0 Å². The molecule has 1 N–H and O–H groups in total. The van der Waals surface area contributed by atoms with E-state index in [4.69, 9.17) is 0 Å². The van der Waals surface area contributed by atoms with Crippen molar-refractivity contribution in [3.05, 3.63) is 59.7 Å². The lowest BCUT2D eigenvalue weighted by Crippen LogP contribution is -2.32. The van der Waals surface area contributed by atoms with Crippen molar-refractivity contribution in [2.45, 2.75) is 25.3 Å². The summed E-state index contributed by atoms with van der Waals surface area (Å²) in [4.78, 5) is 17.5. The first-order valence-corrected chi connectivity index (χ1v) is 6.91. The molecule has 1 unspecified atom stereocenters. The van der Waals surface area contributed by atoms with Crippen molar-refractivity contribution in [2.24, 2.45) is 0 Å². The number of rotatable bonds is 3. The highest BCUT2D eigenvalue weighted by Crippen LogP contribution is 2.31. The molecule has 0 spiro atoms. The number of amides is 1. The maximum absolute atomic E-state index is 12.9. The number of carbonyl (C=O) groups excluding carboxylic acids is 1. The number of likely N-dealkylation sites (tertiary alicyclic amines) is 1. The van der Waals surface area contributed by atoms with Crippen LogP contribution in [0.1, 0.15) is 30.1 Å². The fourth-order valence-corrected chi connectivity index (χ4v) is 2.82. The minimum absolute atomic E-state index is 0.105. The van der Waals surface area contributed by atoms with E-state index in [1.54, 1.807) is 12.1 Å². The Balaban J connectivity index is 1.71. The average molecular weight is 272 g/mol. The molecule has 104 valence electrons. The summed E-state index contributed by atoms with van der Waals surface area (Å²) in [5.74, 6) is -0.166. The van der Waals surface area contributed by atoms with Crippen molar-refractivity contribution < 1.29 is 9.18 Å². The largest absolute Gasteiger partial charge is 0.363 e. The SMILES string of the molecule is O=C(Cc1ccc(F)cc1)N1CCCC1c1ccc[nH]1. The molecule has 1 aromatic heterocycles. The van der Waals surface area contributed by atoms with Gasteiger partial charge in [0.25, 0.3) is 0 Å². The molecule has 1 fully saturated rings. The average Bonchev–Trinajstić information content (AvgIpc) is 3.11. The summed E-state index contributed by atoms with van der Waals surface area (Å²) < 4.78 is 12.9. The molecular weight excluding hydrogens is 255 g/mol. The zero-order chi connectivity index (χ0) is 13.9. The number of nitrogens with one attached hydrogen (secondary N) is 1. The molecule has 0 bridgehead atoms. The van der Waals surface area contributed by atoms with Crippen LogP contribution in [0.15, 0.2) is 42.6 Å². The van der Waals surface area contributed by atoms with E-state index in [1.165, 1.54) is 12.1 Å². The summed E-state index contributed by atoms with van der Waals surface area (Å²) in [5.41, 5.74) is 1.95. The summed E-state index contributed by atoms with van der Waals surface area (Å²) in [6.07, 6.45) is 4.24. The van der Waals surface area contributed by atoms with Crippen molar-refractivity contribution >= 4 is 5.91 Å². The second kappa shape index (κ2) is 5.49. The van der Waals surface area contributed by atoms with Crippen LogP contribution < -0.4 is 0 Å². The third-order valence-corrected chi connectivity index (χ3v) is 3.82. The maximum atomic E-state index is 12.9. The van der Waals surface area contributed by atoms with Gasteiger partial charge < -0.3 is 9.88 Å². The Morgan fingerprint density at radius 2 is 2.10 bits per heavy atom. The van der Waals surface area contributed by atoms with Gasteiger partial charge in [-0.2, -0.15) is 0 Å². The van der Waals surface area contributed by atoms with Gasteiger partial charge in [0.1, 0.15) is 5.82 Å². The first-order valence-electron chi connectivity index (χ1n) is 6.91. The van der Waals surface area contributed by atoms with E-state index in [9.17, 15) is 9.18 Å². The fraction of sp³-hybridized carbons (Fsp3) is 0.312. The summed E-state index contributed by atoms with van der Waals surface area (Å²) in [6, 6.07) is 10.3. The molecule has 0 radical (unpaired) electrons. The lowest BCUT2D eigenvalue weighted by molar-refractivity contribution is -0.131. The number of carbonyl (C=O) groups is 1. The Morgan fingerprint density at radius 3 is 2.80 bits per heavy atom. The molecule has 1 aliphatic heterocycles. The van der Waals surface area contributed by atoms with Crippen LogP contribution in [0.25, 0.3) is 0 Å². The molecule has 20 heavy (non-hydrogen) atoms. The first-order chi connectivity index (χ1) is 9.74. The number of hydrogen-bond acceptors (Lipinski definition) is 1. The van der Waals surface area contributed by atoms with Crippen LogP contribution in [-0.4, -0.2) is 22.3 Å². The zero-order valence-corrected chi connectivity index (χ0v) is 11.2. The Hall–Kier alpha value is -2.10. The maximum Gasteiger partial charge on any atom is 0.227 e. The lowest BCUT2D eigenvalue weighted by atomic mass is 10.1. The van der Waals surface area contributed by atoms with Crippen LogP contribution in [0, 0.1) is 5.82 Å². The van der Waals surface area contributed by atoms with Crippen molar-refractivity contribution in [3.8, 4) is 0 Å². The summed E-state index contributed by atoms with van der Waals surface area (Å²) in [6.45, 7) is 0.795. The van der Waals surface area contributed by atoms with Gasteiger partial charge in [0, 0.05) is 18.4 Å². The van der Waals surface area contributed by atoms with Crippen molar-refractivity contribution in [1.82, 2.24) is 9.88 Å². The summed E-state index contributed by atoms with van der Waals surface area (Å²) in [5, 5.41) is 0. The number of aromatic nitrogens is 1. The Kier molecular flexibility index (Phi) is 3.54. The molecule has 3 rings (SSSR count). The van der Waals surface area contributed by atoms with E-state index in [0.717, 1.165) is 30.6 Å². The quantitative estimate of drug-likeness (QED) is 0.916. The predicted octanol–water partition coefficient (Wildman–Crippen LogP) is 3.06. The van der Waals surface area contributed by atoms with Gasteiger partial charge in [-0.3, -0.25) is 4.79 Å². The predicted molar refractivity (Wildman–Crippen MR) is 74.6 cm³/mol. The van der Waals surface area contributed by atoms with Crippen LogP contribution in [0.5, 0.6) is 0 Å². The number of hydrogen-bond donors (Lipinski definition) is 1. The van der Waals surface area contributed by atoms with Gasteiger partial charge in [0.05, 0.1) is 12.5 Å². The summed E-state index contributed by atoms with van der Waals surface area (Å²) in [7, 11) is 0. The number of aromatic amines is 1. The Bertz CT molecular complexity index is 577. The van der Waals surface area contributed by atoms with E-state index in [2.05, 4.69) is 4.98 Å². The number of nitrogens with zero attached hydrogens (tertiary/aromatic N) is 1. The van der Waals surface area contributed by atoms with Crippen LogP contribution >= 0.6 is 0 Å². The molecular formula is C16H17FN2O. The second-order valence-corrected chi connectivity index (χ2v) is 5.17. The van der Waals surface area contributed by atoms with Gasteiger partial charge in [-0.1, -0.05) is 12.1 Å². The van der Waals surface area contributed by atoms with Gasteiger partial charge >= 0.3 is 0 Å². The normalized spacial score (nSPS) is 18.4. The summed E-state index contributed by atoms with van der Waals surface area (Å²) >= 11 is 0. The van der Waals surface area contributed by atoms with E-state index in [1.807, 2.05) is 23.2 Å². The van der Waals surface area contributed by atoms with Crippen molar-refractivity contribution in [1.29, 1.82) is 0 Å². The molecule has 1 saturated heterocycles. The molecule has 1 aromatic carbocycles. The monoisotopic (exact) mass is 272 g/mol. The zero-order valence-electron chi connectivity index (χ0n) is 11.2. The highest BCUT2D eigenvalue weighted by Gasteiger charge is 2.30. The molecule has 4 heteroatoms. The van der Waals surface area contributed by atoms with Gasteiger partial charge in [0.15, 0.2) is 0 Å². The number of benzene rings is 1. The van der Waals surface area contributed by atoms with E-state index in [-0.39, 0.29) is 17.8 Å². The second-order valence-electron chi connectivity index (χ2n) is 5.17. The minimum Gasteiger partial charge on any atom is -0.363 e. The molecule has 1 amide bonds. The van der Waals surface area contributed by atoms with Gasteiger partial charge in [-0.15, -0.1) is 0 Å². The number of halogens is 1. The number of H-pyrrole nitrogens is 1. The molecule has 0 aliphatic carbocycles. The van der Waals surface area contributed by atoms with Gasteiger partial charge in [-0.25, -0.2) is 4.39 Å². The lowest BCUT2D eigenvalue weighted by Gasteiger charge is -2.24. The molecule has 1 aliphatic rings. The first kappa shape index (κ1) is 12.9. The Labute approximate surface area is 117 Å². The van der Waals surface area contributed by atoms with Crippen molar-refractivity contribution in [2.75, 3.05) is 6.54 Å². The topological polar surface area (TPSA) is 36.1 Å². The van der Waals surface area contributed by atoms with Crippen LogP contribution in [0.2, 0.25) is 0 Å². The van der Waals surface area contributed by atoms with E-state index in [0.29, 0.717) is 6.42 Å². The molecule has 0 saturated carbocycles. The van der Waals surface area contributed by atoms with Crippen LogP contribution in [0.4, 0.5) is 4.39 Å². The fourth-order valence-electron chi connectivity index (χ4n) is 2.82. The standard InChI is InChI=1S/C16H17FN2O/c17-13-7-5-12(6-8-13)11-16(20)19-10-2-4-15(19)14-3-1-9-18-14/h1,3,5-9,15,18H,2,4,10-11H2. The third kappa shape index (κ3) is 2.59. The molecule has 1 atom stereocenters. The molecule has 2 heterocycles. The molecule has 3 nitrogen and oxygen atoms in total. The highest BCUT2D eigenvalue weighted by atomic mass is 19.1. The van der Waals surface area contributed by atoms with Gasteiger partial charge in [0.2, 0.25) is 5.91 Å². The van der Waals surface area contributed by atoms with E-state index < -0.39 is 0 Å². The third-order valence-electron chi connectivity index (χ3n) is 3.82. The van der Waals surface area contributed by atoms with Crippen molar-refractivity contribution in [3.63, 3.8) is 0 Å².